The first-order valence-electron chi connectivity index (χ1n) is 7.74. The molecular formula is C17H20O6. The molecule has 1 aliphatic carbocycles. The van der Waals surface area contributed by atoms with Crippen molar-refractivity contribution in [1.82, 2.24) is 0 Å². The first kappa shape index (κ1) is 15.0. The second-order valence-electron chi connectivity index (χ2n) is 6.40. The molecular weight excluding hydrogens is 300 g/mol. The van der Waals surface area contributed by atoms with Gasteiger partial charge in [0.15, 0.2) is 17.3 Å². The van der Waals surface area contributed by atoms with Crippen molar-refractivity contribution in [2.24, 2.45) is 0 Å². The molecule has 1 aromatic carbocycles. The minimum Gasteiger partial charge on any atom is -0.454 e. The lowest BCUT2D eigenvalue weighted by Gasteiger charge is -2.30. The van der Waals surface area contributed by atoms with Crippen molar-refractivity contribution >= 4 is 0 Å². The van der Waals surface area contributed by atoms with Gasteiger partial charge in [-0.3, -0.25) is 0 Å². The molecule has 1 saturated heterocycles. The van der Waals surface area contributed by atoms with Crippen LogP contribution in [-0.2, 0) is 20.8 Å². The van der Waals surface area contributed by atoms with Crippen LogP contribution in [0.1, 0.15) is 19.4 Å². The minimum atomic E-state index is -0.720. The number of fused-ring (bicyclic) bond motifs is 2. The second-order valence-corrected chi connectivity index (χ2v) is 6.40. The number of rotatable bonds is 3. The Hall–Kier alpha value is -1.60. The Kier molecular flexibility index (Phi) is 3.57. The lowest BCUT2D eigenvalue weighted by atomic mass is 9.96. The Morgan fingerprint density at radius 2 is 1.91 bits per heavy atom. The van der Waals surface area contributed by atoms with Gasteiger partial charge in [0.2, 0.25) is 6.79 Å². The van der Waals surface area contributed by atoms with Gasteiger partial charge in [0, 0.05) is 0 Å². The van der Waals surface area contributed by atoms with E-state index < -0.39 is 18.0 Å². The molecule has 0 amide bonds. The van der Waals surface area contributed by atoms with E-state index in [4.69, 9.17) is 23.7 Å². The number of aliphatic hydroxyl groups is 1. The highest BCUT2D eigenvalue weighted by molar-refractivity contribution is 5.44. The maximum absolute atomic E-state index is 10.0. The molecule has 6 nitrogen and oxygen atoms in total. The Balaban J connectivity index is 1.45. The summed E-state index contributed by atoms with van der Waals surface area (Å²) in [7, 11) is 0. The number of benzene rings is 1. The quantitative estimate of drug-likeness (QED) is 0.856. The molecule has 0 unspecified atom stereocenters. The molecule has 0 bridgehead atoms. The highest BCUT2D eigenvalue weighted by atomic mass is 16.8. The van der Waals surface area contributed by atoms with E-state index in [0.29, 0.717) is 6.61 Å². The fourth-order valence-corrected chi connectivity index (χ4v) is 3.15. The van der Waals surface area contributed by atoms with Crippen molar-refractivity contribution < 1.29 is 28.8 Å². The molecule has 6 heteroatoms. The van der Waals surface area contributed by atoms with Gasteiger partial charge in [0.05, 0.1) is 6.61 Å². The van der Waals surface area contributed by atoms with Gasteiger partial charge in [-0.15, -0.1) is 0 Å². The van der Waals surface area contributed by atoms with Crippen molar-refractivity contribution in [2.75, 3.05) is 6.79 Å². The third-order valence-electron chi connectivity index (χ3n) is 4.20. The van der Waals surface area contributed by atoms with E-state index in [2.05, 4.69) is 0 Å². The topological polar surface area (TPSA) is 66.4 Å². The van der Waals surface area contributed by atoms with Crippen LogP contribution in [-0.4, -0.2) is 42.1 Å². The van der Waals surface area contributed by atoms with Crippen molar-refractivity contribution in [3.63, 3.8) is 0 Å². The van der Waals surface area contributed by atoms with Crippen LogP contribution >= 0.6 is 0 Å². The highest BCUT2D eigenvalue weighted by Gasteiger charge is 2.49. The fourth-order valence-electron chi connectivity index (χ4n) is 3.15. The van der Waals surface area contributed by atoms with E-state index in [1.807, 2.05) is 38.1 Å². The average Bonchev–Trinajstić information content (AvgIpc) is 3.09. The lowest BCUT2D eigenvalue weighted by Crippen LogP contribution is -2.45. The van der Waals surface area contributed by atoms with Gasteiger partial charge in [-0.05, 0) is 31.5 Å². The summed E-state index contributed by atoms with van der Waals surface area (Å²) in [5.41, 5.74) is 0.989. The summed E-state index contributed by atoms with van der Waals surface area (Å²) in [4.78, 5) is 0. The van der Waals surface area contributed by atoms with E-state index in [1.165, 1.54) is 0 Å². The normalized spacial score (nSPS) is 33.7. The van der Waals surface area contributed by atoms with Crippen molar-refractivity contribution in [3.05, 3.63) is 35.9 Å². The molecule has 1 N–H and O–H groups in total. The third-order valence-corrected chi connectivity index (χ3v) is 4.20. The van der Waals surface area contributed by atoms with E-state index in [1.54, 1.807) is 6.08 Å². The van der Waals surface area contributed by atoms with Crippen LogP contribution in [0.3, 0.4) is 0 Å². The highest BCUT2D eigenvalue weighted by Crippen LogP contribution is 2.36. The Bertz CT molecular complexity index is 626. The number of hydrogen-bond acceptors (Lipinski definition) is 6. The van der Waals surface area contributed by atoms with Crippen LogP contribution in [0.15, 0.2) is 30.4 Å². The molecule has 0 spiro atoms. The van der Waals surface area contributed by atoms with Crippen LogP contribution in [0.25, 0.3) is 0 Å². The van der Waals surface area contributed by atoms with Crippen molar-refractivity contribution in [2.45, 2.75) is 50.7 Å². The van der Waals surface area contributed by atoms with Gasteiger partial charge < -0.3 is 28.8 Å². The van der Waals surface area contributed by atoms with Gasteiger partial charge in [-0.2, -0.15) is 0 Å². The fraction of sp³-hybridized carbons (Fsp3) is 0.529. The predicted molar refractivity (Wildman–Crippen MR) is 80.1 cm³/mol. The van der Waals surface area contributed by atoms with Crippen LogP contribution in [0.5, 0.6) is 11.5 Å². The van der Waals surface area contributed by atoms with Gasteiger partial charge in [0.1, 0.15) is 24.4 Å². The van der Waals surface area contributed by atoms with Crippen LogP contribution in [0, 0.1) is 0 Å². The average molecular weight is 320 g/mol. The molecule has 124 valence electrons. The standard InChI is InChI=1S/C17H20O6/c1-17(2)22-15-11(18)4-6-13(16(15)23-17)19-8-10-3-5-12-14(7-10)21-9-20-12/h3-7,11,13,15-16,18H,8-9H2,1-2H3/t11-,13+,15+,16-/m0/s1. The van der Waals surface area contributed by atoms with Crippen LogP contribution in [0.2, 0.25) is 0 Å². The Morgan fingerprint density at radius 3 is 2.78 bits per heavy atom. The van der Waals surface area contributed by atoms with Crippen LogP contribution in [0.4, 0.5) is 0 Å². The maximum Gasteiger partial charge on any atom is 0.231 e. The molecule has 1 fully saturated rings. The summed E-state index contributed by atoms with van der Waals surface area (Å²) in [5, 5.41) is 10.0. The second kappa shape index (κ2) is 5.49. The van der Waals surface area contributed by atoms with Gasteiger partial charge in [-0.1, -0.05) is 18.2 Å². The van der Waals surface area contributed by atoms with E-state index in [-0.39, 0.29) is 19.0 Å². The molecule has 2 aliphatic heterocycles. The summed E-state index contributed by atoms with van der Waals surface area (Å²) in [6.07, 6.45) is 1.87. The predicted octanol–water partition coefficient (Wildman–Crippen LogP) is 1.75. The lowest BCUT2D eigenvalue weighted by molar-refractivity contribution is -0.158. The monoisotopic (exact) mass is 320 g/mol. The molecule has 3 aliphatic rings. The van der Waals surface area contributed by atoms with Crippen LogP contribution < -0.4 is 9.47 Å². The van der Waals surface area contributed by atoms with E-state index in [0.717, 1.165) is 17.1 Å². The Morgan fingerprint density at radius 1 is 1.13 bits per heavy atom. The SMILES string of the molecule is CC1(C)O[C@@H]2[C@H](O1)[C@@H](O)C=C[C@H]2OCc1ccc2c(c1)OCO2. The first-order chi connectivity index (χ1) is 11.0. The first-order valence-corrected chi connectivity index (χ1v) is 7.74. The Labute approximate surface area is 134 Å². The largest absolute Gasteiger partial charge is 0.454 e. The molecule has 0 aromatic heterocycles. The number of hydrogen-bond donors (Lipinski definition) is 1. The number of ether oxygens (including phenoxy) is 5. The molecule has 2 heterocycles. The van der Waals surface area contributed by atoms with Crippen molar-refractivity contribution in [1.29, 1.82) is 0 Å². The molecule has 1 aromatic rings. The molecule has 23 heavy (non-hydrogen) atoms. The van der Waals surface area contributed by atoms with E-state index in [9.17, 15) is 5.11 Å². The summed E-state index contributed by atoms with van der Waals surface area (Å²) < 4.78 is 28.3. The van der Waals surface area contributed by atoms with Crippen molar-refractivity contribution in [3.8, 4) is 11.5 Å². The third kappa shape index (κ3) is 2.83. The maximum atomic E-state index is 10.0. The van der Waals surface area contributed by atoms with Gasteiger partial charge in [0.25, 0.3) is 0 Å². The summed E-state index contributed by atoms with van der Waals surface area (Å²) in [5.74, 6) is 0.770. The van der Waals surface area contributed by atoms with E-state index >= 15 is 0 Å². The summed E-state index contributed by atoms with van der Waals surface area (Å²) in [6.45, 7) is 4.35. The number of aliphatic hydroxyl groups excluding tert-OH is 1. The zero-order valence-electron chi connectivity index (χ0n) is 13.1. The molecule has 0 saturated carbocycles. The van der Waals surface area contributed by atoms with Gasteiger partial charge >= 0.3 is 0 Å². The smallest absolute Gasteiger partial charge is 0.231 e. The molecule has 4 atom stereocenters. The summed E-state index contributed by atoms with van der Waals surface area (Å²) >= 11 is 0. The minimum absolute atomic E-state index is 0.257. The summed E-state index contributed by atoms with van der Waals surface area (Å²) in [6, 6.07) is 5.74. The van der Waals surface area contributed by atoms with Gasteiger partial charge in [-0.25, -0.2) is 0 Å². The molecule has 0 radical (unpaired) electrons. The molecule has 4 rings (SSSR count). The zero-order chi connectivity index (χ0) is 16.0. The zero-order valence-corrected chi connectivity index (χ0v) is 13.1.